The maximum absolute atomic E-state index is 3.58. The first-order chi connectivity index (χ1) is 7.45. The second-order valence-electron chi connectivity index (χ2n) is 4.15. The number of rotatable bonds is 4. The summed E-state index contributed by atoms with van der Waals surface area (Å²) in [4.78, 5) is 0. The normalized spacial score (nSPS) is 21.5. The van der Waals surface area contributed by atoms with E-state index in [0.717, 1.165) is 11.8 Å². The van der Waals surface area contributed by atoms with Crippen LogP contribution in [0.2, 0.25) is 0 Å². The third kappa shape index (κ3) is 3.88. The van der Waals surface area contributed by atoms with E-state index in [1.165, 1.54) is 37.1 Å². The first-order valence-corrected chi connectivity index (χ1v) is 6.96. The summed E-state index contributed by atoms with van der Waals surface area (Å²) < 4.78 is 0. The predicted molar refractivity (Wildman–Crippen MR) is 68.2 cm³/mol. The molecule has 1 aromatic carbocycles. The summed E-state index contributed by atoms with van der Waals surface area (Å²) in [5, 5.41) is 3.58. The highest BCUT2D eigenvalue weighted by molar-refractivity contribution is 7.98. The summed E-state index contributed by atoms with van der Waals surface area (Å²) in [6.07, 6.45) is 4.13. The van der Waals surface area contributed by atoms with Gasteiger partial charge in [-0.2, -0.15) is 11.8 Å². The predicted octanol–water partition coefficient (Wildman–Crippen LogP) is 3.06. The van der Waals surface area contributed by atoms with Crippen molar-refractivity contribution in [2.75, 3.05) is 12.3 Å². The molecule has 0 radical (unpaired) electrons. The number of hydrogen-bond donors (Lipinski definition) is 1. The first-order valence-electron chi connectivity index (χ1n) is 5.80. The molecule has 1 atom stereocenters. The third-order valence-electron chi connectivity index (χ3n) is 2.84. The molecule has 2 heteroatoms. The van der Waals surface area contributed by atoms with Crippen LogP contribution >= 0.6 is 11.8 Å². The van der Waals surface area contributed by atoms with Crippen molar-refractivity contribution < 1.29 is 0 Å². The van der Waals surface area contributed by atoms with Crippen LogP contribution in [0.4, 0.5) is 0 Å². The zero-order valence-electron chi connectivity index (χ0n) is 9.11. The lowest BCUT2D eigenvalue weighted by atomic mass is 10.1. The molecule has 82 valence electrons. The van der Waals surface area contributed by atoms with Crippen molar-refractivity contribution in [1.82, 2.24) is 5.32 Å². The van der Waals surface area contributed by atoms with Crippen LogP contribution in [0.15, 0.2) is 30.3 Å². The van der Waals surface area contributed by atoms with Gasteiger partial charge in [0.2, 0.25) is 0 Å². The van der Waals surface area contributed by atoms with Crippen molar-refractivity contribution in [3.8, 4) is 0 Å². The minimum Gasteiger partial charge on any atom is -0.313 e. The molecule has 1 aliphatic rings. The lowest BCUT2D eigenvalue weighted by Crippen LogP contribution is -2.35. The summed E-state index contributed by atoms with van der Waals surface area (Å²) in [6, 6.07) is 11.5. The number of benzene rings is 1. The standard InChI is InChI=1S/C13H19NS/c1-2-6-12(7-3-1)10-15-11-13-8-4-5-9-14-13/h1-3,6-7,13-14H,4-5,8-11H2. The van der Waals surface area contributed by atoms with Crippen LogP contribution in [0, 0.1) is 0 Å². The molecule has 2 rings (SSSR count). The Morgan fingerprint density at radius 2 is 2.07 bits per heavy atom. The second-order valence-corrected chi connectivity index (χ2v) is 5.18. The van der Waals surface area contributed by atoms with E-state index in [-0.39, 0.29) is 0 Å². The molecule has 1 N–H and O–H groups in total. The van der Waals surface area contributed by atoms with E-state index >= 15 is 0 Å². The molecular weight excluding hydrogens is 202 g/mol. The second kappa shape index (κ2) is 6.19. The Hall–Kier alpha value is -0.470. The molecule has 0 saturated carbocycles. The maximum atomic E-state index is 3.58. The zero-order chi connectivity index (χ0) is 10.3. The van der Waals surface area contributed by atoms with Gasteiger partial charge in [0.15, 0.2) is 0 Å². The Kier molecular flexibility index (Phi) is 4.55. The van der Waals surface area contributed by atoms with Crippen LogP contribution in [0.3, 0.4) is 0 Å². The highest BCUT2D eigenvalue weighted by Gasteiger charge is 2.11. The fourth-order valence-corrected chi connectivity index (χ4v) is 3.07. The summed E-state index contributed by atoms with van der Waals surface area (Å²) in [5.41, 5.74) is 1.44. The highest BCUT2D eigenvalue weighted by Crippen LogP contribution is 2.16. The molecule has 1 aromatic rings. The number of hydrogen-bond acceptors (Lipinski definition) is 2. The van der Waals surface area contributed by atoms with Crippen molar-refractivity contribution in [3.63, 3.8) is 0 Å². The molecule has 0 aliphatic carbocycles. The van der Waals surface area contributed by atoms with Crippen LogP contribution in [0.25, 0.3) is 0 Å². The highest BCUT2D eigenvalue weighted by atomic mass is 32.2. The molecule has 0 bridgehead atoms. The lowest BCUT2D eigenvalue weighted by molar-refractivity contribution is 0.430. The number of nitrogens with one attached hydrogen (secondary N) is 1. The van der Waals surface area contributed by atoms with Crippen molar-refractivity contribution in [3.05, 3.63) is 35.9 Å². The van der Waals surface area contributed by atoms with Gasteiger partial charge in [0.1, 0.15) is 0 Å². The molecule has 1 unspecified atom stereocenters. The van der Waals surface area contributed by atoms with Crippen molar-refractivity contribution >= 4 is 11.8 Å². The Balaban J connectivity index is 1.66. The average Bonchev–Trinajstić information content (AvgIpc) is 2.32. The molecule has 0 aromatic heterocycles. The van der Waals surface area contributed by atoms with E-state index in [4.69, 9.17) is 0 Å². The molecule has 15 heavy (non-hydrogen) atoms. The van der Waals surface area contributed by atoms with Gasteiger partial charge in [-0.15, -0.1) is 0 Å². The van der Waals surface area contributed by atoms with Gasteiger partial charge < -0.3 is 5.32 Å². The minimum absolute atomic E-state index is 0.757. The monoisotopic (exact) mass is 221 g/mol. The largest absolute Gasteiger partial charge is 0.313 e. The first kappa shape index (κ1) is 11.0. The SMILES string of the molecule is c1ccc(CSCC2CCCCN2)cc1. The summed E-state index contributed by atoms with van der Waals surface area (Å²) in [5.74, 6) is 2.41. The van der Waals surface area contributed by atoms with Gasteiger partial charge in [0, 0.05) is 17.5 Å². The van der Waals surface area contributed by atoms with E-state index in [1.54, 1.807) is 0 Å². The Labute approximate surface area is 96.7 Å². The summed E-state index contributed by atoms with van der Waals surface area (Å²) in [6.45, 7) is 1.22. The summed E-state index contributed by atoms with van der Waals surface area (Å²) >= 11 is 2.05. The fourth-order valence-electron chi connectivity index (χ4n) is 1.96. The lowest BCUT2D eigenvalue weighted by Gasteiger charge is -2.22. The molecule has 1 aliphatic heterocycles. The zero-order valence-corrected chi connectivity index (χ0v) is 9.93. The van der Waals surface area contributed by atoms with E-state index in [1.807, 2.05) is 0 Å². The van der Waals surface area contributed by atoms with Gasteiger partial charge in [0.25, 0.3) is 0 Å². The third-order valence-corrected chi connectivity index (χ3v) is 4.02. The topological polar surface area (TPSA) is 12.0 Å². The van der Waals surface area contributed by atoms with Gasteiger partial charge in [-0.1, -0.05) is 36.8 Å². The molecule has 0 amide bonds. The van der Waals surface area contributed by atoms with Gasteiger partial charge in [0.05, 0.1) is 0 Å². The number of piperidine rings is 1. The van der Waals surface area contributed by atoms with Crippen LogP contribution < -0.4 is 5.32 Å². The minimum atomic E-state index is 0.757. The van der Waals surface area contributed by atoms with Gasteiger partial charge >= 0.3 is 0 Å². The van der Waals surface area contributed by atoms with E-state index in [9.17, 15) is 0 Å². The molecule has 1 heterocycles. The quantitative estimate of drug-likeness (QED) is 0.838. The average molecular weight is 221 g/mol. The van der Waals surface area contributed by atoms with Crippen LogP contribution in [-0.2, 0) is 5.75 Å². The van der Waals surface area contributed by atoms with Crippen LogP contribution in [0.1, 0.15) is 24.8 Å². The molecular formula is C13H19NS. The Bertz CT molecular complexity index is 267. The Morgan fingerprint density at radius 1 is 1.20 bits per heavy atom. The van der Waals surface area contributed by atoms with Gasteiger partial charge in [-0.05, 0) is 24.9 Å². The molecule has 1 fully saturated rings. The van der Waals surface area contributed by atoms with Gasteiger partial charge in [-0.3, -0.25) is 0 Å². The fraction of sp³-hybridized carbons (Fsp3) is 0.538. The molecule has 1 nitrogen and oxygen atoms in total. The maximum Gasteiger partial charge on any atom is 0.0185 e. The summed E-state index contributed by atoms with van der Waals surface area (Å²) in [7, 11) is 0. The smallest absolute Gasteiger partial charge is 0.0185 e. The van der Waals surface area contributed by atoms with E-state index < -0.39 is 0 Å². The van der Waals surface area contributed by atoms with Crippen LogP contribution in [-0.4, -0.2) is 18.3 Å². The van der Waals surface area contributed by atoms with Crippen molar-refractivity contribution in [2.24, 2.45) is 0 Å². The van der Waals surface area contributed by atoms with Gasteiger partial charge in [-0.25, -0.2) is 0 Å². The number of thioether (sulfide) groups is 1. The molecule has 1 saturated heterocycles. The van der Waals surface area contributed by atoms with Crippen molar-refractivity contribution in [1.29, 1.82) is 0 Å². The van der Waals surface area contributed by atoms with E-state index in [0.29, 0.717) is 0 Å². The Morgan fingerprint density at radius 3 is 2.80 bits per heavy atom. The van der Waals surface area contributed by atoms with Crippen molar-refractivity contribution in [2.45, 2.75) is 31.1 Å². The van der Waals surface area contributed by atoms with E-state index in [2.05, 4.69) is 47.4 Å². The van der Waals surface area contributed by atoms with Crippen LogP contribution in [0.5, 0.6) is 0 Å². The molecule has 0 spiro atoms.